The van der Waals surface area contributed by atoms with Gasteiger partial charge in [0, 0.05) is 38.3 Å². The topological polar surface area (TPSA) is 64.6 Å². The molecule has 2 bridgehead atoms. The van der Waals surface area contributed by atoms with E-state index >= 15 is 0 Å². The van der Waals surface area contributed by atoms with Crippen molar-refractivity contribution in [3.63, 3.8) is 0 Å². The van der Waals surface area contributed by atoms with Crippen molar-refractivity contribution in [3.05, 3.63) is 42.3 Å². The quantitative estimate of drug-likeness (QED) is 0.548. The summed E-state index contributed by atoms with van der Waals surface area (Å²) in [6.45, 7) is 6.12. The van der Waals surface area contributed by atoms with Crippen LogP contribution in [0, 0.1) is 25.7 Å². The Hall–Kier alpha value is -1.43. The van der Waals surface area contributed by atoms with Crippen molar-refractivity contribution in [1.29, 1.82) is 0 Å². The van der Waals surface area contributed by atoms with Gasteiger partial charge in [0.2, 0.25) is 0 Å². The first-order valence-electron chi connectivity index (χ1n) is 11.4. The van der Waals surface area contributed by atoms with Crippen LogP contribution in [-0.4, -0.2) is 55.7 Å². The fraction of sp³-hybridized carbons (Fsp3) is 0.680. The standard InChI is InChI=1S/C24H39N3O2.CH2/c1-19-7-8-21(17-27(13-14-28)12-11-25-2)15-22(19)23(29)26-18-24-9-3-5-20(16-24)6-4-10-24;/h7-8,15,20,25,28H,3-6,9-14,16-18H2,1-2H3,(H,26,29);1H2. The largest absolute Gasteiger partial charge is 0.395 e. The SMILES string of the molecule is CNCCN(CCO)Cc1ccc(C)c(C(=O)NCC23CCCC(CCC2)C3)c1.[CH2]. The van der Waals surface area contributed by atoms with E-state index < -0.39 is 0 Å². The van der Waals surface area contributed by atoms with Gasteiger partial charge in [-0.15, -0.1) is 0 Å². The number of carbonyl (C=O) groups excluding carboxylic acids is 1. The second-order valence-electron chi connectivity index (χ2n) is 9.29. The molecular formula is C25H41N3O2. The smallest absolute Gasteiger partial charge is 0.251 e. The van der Waals surface area contributed by atoms with Crippen LogP contribution in [-0.2, 0) is 6.54 Å². The maximum atomic E-state index is 13.0. The van der Waals surface area contributed by atoms with Crippen molar-refractivity contribution in [1.82, 2.24) is 15.5 Å². The third kappa shape index (κ3) is 6.53. The molecule has 30 heavy (non-hydrogen) atoms. The third-order valence-corrected chi connectivity index (χ3v) is 7.03. The molecule has 1 aromatic rings. The summed E-state index contributed by atoms with van der Waals surface area (Å²) >= 11 is 0. The van der Waals surface area contributed by atoms with Gasteiger partial charge in [0.1, 0.15) is 0 Å². The molecule has 1 aromatic carbocycles. The Bertz CT molecular complexity index is 666. The van der Waals surface area contributed by atoms with Crippen molar-refractivity contribution >= 4 is 5.91 Å². The lowest BCUT2D eigenvalue weighted by Gasteiger charge is -2.45. The maximum Gasteiger partial charge on any atom is 0.251 e. The van der Waals surface area contributed by atoms with Crippen LogP contribution < -0.4 is 10.6 Å². The number of nitrogens with one attached hydrogen (secondary N) is 2. The highest BCUT2D eigenvalue weighted by molar-refractivity contribution is 5.95. The first kappa shape index (κ1) is 24.8. The lowest BCUT2D eigenvalue weighted by molar-refractivity contribution is 0.0681. The molecule has 0 spiro atoms. The minimum atomic E-state index is 0. The third-order valence-electron chi connectivity index (χ3n) is 7.03. The molecule has 0 saturated heterocycles. The van der Waals surface area contributed by atoms with Gasteiger partial charge in [0.25, 0.3) is 5.91 Å². The Morgan fingerprint density at radius 3 is 2.63 bits per heavy atom. The van der Waals surface area contributed by atoms with Gasteiger partial charge in [-0.2, -0.15) is 0 Å². The minimum Gasteiger partial charge on any atom is -0.395 e. The van der Waals surface area contributed by atoms with Gasteiger partial charge in [-0.3, -0.25) is 9.69 Å². The molecule has 2 fully saturated rings. The van der Waals surface area contributed by atoms with Gasteiger partial charge < -0.3 is 15.7 Å². The molecular weight excluding hydrogens is 374 g/mol. The Labute approximate surface area is 183 Å². The van der Waals surface area contributed by atoms with Crippen LogP contribution in [0.2, 0.25) is 0 Å². The molecule has 2 radical (unpaired) electrons. The molecule has 0 aromatic heterocycles. The second kappa shape index (κ2) is 11.8. The number of fused-ring (bicyclic) bond motifs is 2. The number of hydrogen-bond acceptors (Lipinski definition) is 4. The average Bonchev–Trinajstić information content (AvgIpc) is 2.72. The number of carbonyl (C=O) groups is 1. The number of rotatable bonds is 10. The van der Waals surface area contributed by atoms with Gasteiger partial charge in [-0.1, -0.05) is 45.2 Å². The molecule has 3 N–H and O–H groups in total. The molecule has 168 valence electrons. The summed E-state index contributed by atoms with van der Waals surface area (Å²) in [5.74, 6) is 0.949. The van der Waals surface area contributed by atoms with E-state index in [0.29, 0.717) is 12.0 Å². The van der Waals surface area contributed by atoms with Crippen LogP contribution in [0.1, 0.15) is 66.4 Å². The van der Waals surface area contributed by atoms with Gasteiger partial charge in [-0.05, 0) is 61.8 Å². The van der Waals surface area contributed by atoms with Crippen LogP contribution in [0.4, 0.5) is 0 Å². The maximum absolute atomic E-state index is 13.0. The summed E-state index contributed by atoms with van der Waals surface area (Å²) in [5, 5.41) is 15.8. The molecule has 0 heterocycles. The molecule has 5 heteroatoms. The number of aliphatic hydroxyl groups is 1. The minimum absolute atomic E-state index is 0. The zero-order valence-electron chi connectivity index (χ0n) is 19.0. The highest BCUT2D eigenvalue weighted by atomic mass is 16.3. The molecule has 2 aliphatic rings. The lowest BCUT2D eigenvalue weighted by Crippen LogP contribution is -2.43. The Morgan fingerprint density at radius 1 is 1.23 bits per heavy atom. The van der Waals surface area contributed by atoms with Crippen molar-refractivity contribution in [2.24, 2.45) is 11.3 Å². The summed E-state index contributed by atoms with van der Waals surface area (Å²) < 4.78 is 0. The lowest BCUT2D eigenvalue weighted by atomic mass is 9.62. The summed E-state index contributed by atoms with van der Waals surface area (Å²) in [5.41, 5.74) is 3.28. The Kier molecular flexibility index (Phi) is 9.79. The fourth-order valence-corrected chi connectivity index (χ4v) is 5.38. The van der Waals surface area contributed by atoms with Crippen LogP contribution in [0.3, 0.4) is 0 Å². The van der Waals surface area contributed by atoms with E-state index in [1.54, 1.807) is 0 Å². The number of benzene rings is 1. The Morgan fingerprint density at radius 2 is 1.97 bits per heavy atom. The van der Waals surface area contributed by atoms with Crippen molar-refractivity contribution in [2.45, 2.75) is 58.4 Å². The van der Waals surface area contributed by atoms with Gasteiger partial charge >= 0.3 is 0 Å². The number of amides is 1. The first-order chi connectivity index (χ1) is 14.0. The van der Waals surface area contributed by atoms with Crippen molar-refractivity contribution in [3.8, 4) is 0 Å². The van der Waals surface area contributed by atoms with E-state index in [1.165, 1.54) is 44.9 Å². The van der Waals surface area contributed by atoms with E-state index in [9.17, 15) is 9.90 Å². The molecule has 0 unspecified atom stereocenters. The second-order valence-corrected chi connectivity index (χ2v) is 9.29. The molecule has 0 atom stereocenters. The number of hydrogen-bond donors (Lipinski definition) is 3. The first-order valence-corrected chi connectivity index (χ1v) is 11.4. The van der Waals surface area contributed by atoms with E-state index in [1.807, 2.05) is 20.0 Å². The number of likely N-dealkylation sites (N-methyl/N-ethyl adjacent to an activating group) is 1. The number of aliphatic hydroxyl groups excluding tert-OH is 1. The van der Waals surface area contributed by atoms with E-state index in [0.717, 1.165) is 48.8 Å². The highest BCUT2D eigenvalue weighted by Crippen LogP contribution is 2.48. The Balaban J connectivity index is 0.00000320. The zero-order valence-corrected chi connectivity index (χ0v) is 19.0. The number of nitrogens with zero attached hydrogens (tertiary/aromatic N) is 1. The highest BCUT2D eigenvalue weighted by Gasteiger charge is 2.39. The van der Waals surface area contributed by atoms with Crippen molar-refractivity contribution in [2.75, 3.05) is 39.8 Å². The van der Waals surface area contributed by atoms with Crippen LogP contribution in [0.5, 0.6) is 0 Å². The molecule has 2 aliphatic carbocycles. The summed E-state index contributed by atoms with van der Waals surface area (Å²) in [7, 11) is 1.94. The summed E-state index contributed by atoms with van der Waals surface area (Å²) in [6.07, 6.45) is 9.25. The molecule has 1 amide bonds. The average molecular weight is 416 g/mol. The molecule has 5 nitrogen and oxygen atoms in total. The normalized spacial score (nSPS) is 23.1. The number of aryl methyl sites for hydroxylation is 1. The molecule has 0 aliphatic heterocycles. The predicted octanol–water partition coefficient (Wildman–Crippen LogP) is 3.43. The van der Waals surface area contributed by atoms with E-state index in [-0.39, 0.29) is 19.9 Å². The van der Waals surface area contributed by atoms with Crippen molar-refractivity contribution < 1.29 is 9.90 Å². The monoisotopic (exact) mass is 415 g/mol. The van der Waals surface area contributed by atoms with E-state index in [2.05, 4.69) is 27.7 Å². The predicted molar refractivity (Wildman–Crippen MR) is 123 cm³/mol. The van der Waals surface area contributed by atoms with Crippen LogP contribution >= 0.6 is 0 Å². The van der Waals surface area contributed by atoms with Gasteiger partial charge in [0.05, 0.1) is 6.61 Å². The van der Waals surface area contributed by atoms with Crippen LogP contribution in [0.25, 0.3) is 0 Å². The van der Waals surface area contributed by atoms with Gasteiger partial charge in [0.15, 0.2) is 0 Å². The van der Waals surface area contributed by atoms with Gasteiger partial charge in [-0.25, -0.2) is 0 Å². The zero-order chi connectivity index (χ0) is 20.7. The summed E-state index contributed by atoms with van der Waals surface area (Å²) in [6, 6.07) is 6.19. The molecule has 2 saturated carbocycles. The fourth-order valence-electron chi connectivity index (χ4n) is 5.38. The van der Waals surface area contributed by atoms with E-state index in [4.69, 9.17) is 0 Å². The van der Waals surface area contributed by atoms with Crippen LogP contribution in [0.15, 0.2) is 18.2 Å². The molecule has 3 rings (SSSR count). The summed E-state index contributed by atoms with van der Waals surface area (Å²) in [4.78, 5) is 15.2.